The third kappa shape index (κ3) is 1.76. The van der Waals surface area contributed by atoms with Crippen LogP contribution in [-0.2, 0) is 6.42 Å². The molecule has 0 saturated heterocycles. The third-order valence-corrected chi connectivity index (χ3v) is 3.85. The van der Waals surface area contributed by atoms with Gasteiger partial charge in [-0.25, -0.2) is 9.37 Å². The van der Waals surface area contributed by atoms with Gasteiger partial charge < -0.3 is 10.2 Å². The van der Waals surface area contributed by atoms with Gasteiger partial charge in [-0.15, -0.1) is 11.3 Å². The molecule has 0 aliphatic rings. The highest BCUT2D eigenvalue weighted by Gasteiger charge is 2.14. The SMILES string of the molecule is CCc1cc(-c2nc3ccc(F)cc3o2)c(N)s1. The molecule has 0 unspecified atom stereocenters. The van der Waals surface area contributed by atoms with E-state index in [-0.39, 0.29) is 5.82 Å². The molecule has 92 valence electrons. The second-order valence-electron chi connectivity index (χ2n) is 3.98. The zero-order valence-corrected chi connectivity index (χ0v) is 10.6. The molecular weight excluding hydrogens is 251 g/mol. The van der Waals surface area contributed by atoms with Crippen molar-refractivity contribution in [2.45, 2.75) is 13.3 Å². The second-order valence-corrected chi connectivity index (χ2v) is 5.14. The number of thiophene rings is 1. The summed E-state index contributed by atoms with van der Waals surface area (Å²) in [6, 6.07) is 6.26. The standard InChI is InChI=1S/C13H11FN2OS/c1-2-8-6-9(12(15)18-8)13-16-10-4-3-7(14)5-11(10)17-13/h3-6H,2,15H2,1H3. The van der Waals surface area contributed by atoms with Gasteiger partial charge in [-0.3, -0.25) is 0 Å². The molecular formula is C13H11FN2OS. The first kappa shape index (κ1) is 11.2. The van der Waals surface area contributed by atoms with Crippen molar-refractivity contribution in [2.24, 2.45) is 0 Å². The highest BCUT2D eigenvalue weighted by molar-refractivity contribution is 7.16. The summed E-state index contributed by atoms with van der Waals surface area (Å²) in [6.07, 6.45) is 0.920. The number of halogens is 1. The number of rotatable bonds is 2. The molecule has 2 aromatic heterocycles. The summed E-state index contributed by atoms with van der Waals surface area (Å²) >= 11 is 1.53. The molecule has 0 atom stereocenters. The molecule has 0 bridgehead atoms. The summed E-state index contributed by atoms with van der Waals surface area (Å²) in [5.41, 5.74) is 7.80. The lowest BCUT2D eigenvalue weighted by atomic mass is 10.2. The first-order valence-electron chi connectivity index (χ1n) is 5.62. The van der Waals surface area contributed by atoms with Crippen molar-refractivity contribution in [3.05, 3.63) is 35.0 Å². The molecule has 0 radical (unpaired) electrons. The molecule has 3 rings (SSSR count). The number of benzene rings is 1. The number of aromatic nitrogens is 1. The lowest BCUT2D eigenvalue weighted by Gasteiger charge is -1.90. The van der Waals surface area contributed by atoms with Crippen LogP contribution in [0.15, 0.2) is 28.7 Å². The number of aryl methyl sites for hydroxylation is 1. The minimum atomic E-state index is -0.335. The quantitative estimate of drug-likeness (QED) is 0.763. The second kappa shape index (κ2) is 4.10. The maximum Gasteiger partial charge on any atom is 0.230 e. The molecule has 0 amide bonds. The van der Waals surface area contributed by atoms with Crippen molar-refractivity contribution in [3.8, 4) is 11.5 Å². The number of nitrogens with zero attached hydrogens (tertiary/aromatic N) is 1. The van der Waals surface area contributed by atoms with Gasteiger partial charge in [0.2, 0.25) is 5.89 Å². The summed E-state index contributed by atoms with van der Waals surface area (Å²) in [4.78, 5) is 5.50. The van der Waals surface area contributed by atoms with Crippen LogP contribution >= 0.6 is 11.3 Å². The van der Waals surface area contributed by atoms with Crippen molar-refractivity contribution in [1.29, 1.82) is 0 Å². The van der Waals surface area contributed by atoms with Gasteiger partial charge in [0, 0.05) is 10.9 Å². The van der Waals surface area contributed by atoms with Crippen molar-refractivity contribution in [2.75, 3.05) is 5.73 Å². The van der Waals surface area contributed by atoms with Crippen LogP contribution in [0.25, 0.3) is 22.6 Å². The normalized spacial score (nSPS) is 11.2. The Morgan fingerprint density at radius 3 is 2.94 bits per heavy atom. The number of anilines is 1. The molecule has 0 spiro atoms. The van der Waals surface area contributed by atoms with E-state index in [4.69, 9.17) is 10.2 Å². The molecule has 2 N–H and O–H groups in total. The predicted molar refractivity (Wildman–Crippen MR) is 71.1 cm³/mol. The average Bonchev–Trinajstić information content (AvgIpc) is 2.91. The van der Waals surface area contributed by atoms with Crippen LogP contribution in [0.4, 0.5) is 9.39 Å². The van der Waals surface area contributed by atoms with Gasteiger partial charge in [0.1, 0.15) is 11.3 Å². The summed E-state index contributed by atoms with van der Waals surface area (Å²) in [7, 11) is 0. The topological polar surface area (TPSA) is 52.0 Å². The van der Waals surface area contributed by atoms with E-state index < -0.39 is 0 Å². The molecule has 2 heterocycles. The van der Waals surface area contributed by atoms with E-state index in [9.17, 15) is 4.39 Å². The molecule has 5 heteroatoms. The van der Waals surface area contributed by atoms with E-state index in [1.54, 1.807) is 6.07 Å². The van der Waals surface area contributed by atoms with E-state index >= 15 is 0 Å². The summed E-state index contributed by atoms with van der Waals surface area (Å²) < 4.78 is 18.6. The first-order chi connectivity index (χ1) is 8.67. The van der Waals surface area contributed by atoms with Crippen LogP contribution in [0, 0.1) is 5.82 Å². The number of oxazole rings is 1. The van der Waals surface area contributed by atoms with E-state index in [1.165, 1.54) is 28.3 Å². The van der Waals surface area contributed by atoms with Gasteiger partial charge in [-0.05, 0) is 24.6 Å². The third-order valence-electron chi connectivity index (χ3n) is 2.74. The van der Waals surface area contributed by atoms with Crippen molar-refractivity contribution >= 4 is 27.4 Å². The van der Waals surface area contributed by atoms with Gasteiger partial charge in [0.05, 0.1) is 10.6 Å². The Bertz CT molecular complexity index is 717. The maximum atomic E-state index is 13.1. The fraction of sp³-hybridized carbons (Fsp3) is 0.154. The average molecular weight is 262 g/mol. The Labute approximate surface area is 107 Å². The number of nitrogens with two attached hydrogens (primary N) is 1. The lowest BCUT2D eigenvalue weighted by Crippen LogP contribution is -1.82. The van der Waals surface area contributed by atoms with Gasteiger partial charge in [0.15, 0.2) is 5.58 Å². The molecule has 3 nitrogen and oxygen atoms in total. The highest BCUT2D eigenvalue weighted by Crippen LogP contribution is 2.35. The molecule has 0 aliphatic carbocycles. The molecule has 0 saturated carbocycles. The highest BCUT2D eigenvalue weighted by atomic mass is 32.1. The monoisotopic (exact) mass is 262 g/mol. The van der Waals surface area contributed by atoms with Crippen LogP contribution in [-0.4, -0.2) is 4.98 Å². The summed E-state index contributed by atoms with van der Waals surface area (Å²) in [5.74, 6) is 0.113. The Morgan fingerprint density at radius 2 is 2.22 bits per heavy atom. The van der Waals surface area contributed by atoms with Crippen molar-refractivity contribution in [1.82, 2.24) is 4.98 Å². The van der Waals surface area contributed by atoms with Crippen LogP contribution < -0.4 is 5.73 Å². The molecule has 3 aromatic rings. The number of hydrogen-bond donors (Lipinski definition) is 1. The van der Waals surface area contributed by atoms with Crippen LogP contribution in [0.1, 0.15) is 11.8 Å². The van der Waals surface area contributed by atoms with E-state index in [2.05, 4.69) is 11.9 Å². The fourth-order valence-electron chi connectivity index (χ4n) is 1.81. The zero-order valence-electron chi connectivity index (χ0n) is 9.74. The molecule has 1 aromatic carbocycles. The van der Waals surface area contributed by atoms with E-state index in [0.29, 0.717) is 22.0 Å². The Hall–Kier alpha value is -1.88. The summed E-state index contributed by atoms with van der Waals surface area (Å²) in [6.45, 7) is 2.07. The molecule has 0 fully saturated rings. The Balaban J connectivity index is 2.15. The predicted octanol–water partition coefficient (Wildman–Crippen LogP) is 3.84. The van der Waals surface area contributed by atoms with E-state index in [1.807, 2.05) is 6.07 Å². The minimum absolute atomic E-state index is 0.335. The summed E-state index contributed by atoms with van der Waals surface area (Å²) in [5, 5.41) is 0.680. The smallest absolute Gasteiger partial charge is 0.230 e. The van der Waals surface area contributed by atoms with Crippen LogP contribution in [0.2, 0.25) is 0 Å². The van der Waals surface area contributed by atoms with Crippen LogP contribution in [0.3, 0.4) is 0 Å². The minimum Gasteiger partial charge on any atom is -0.436 e. The molecule has 0 aliphatic heterocycles. The largest absolute Gasteiger partial charge is 0.436 e. The lowest BCUT2D eigenvalue weighted by molar-refractivity contribution is 0.602. The number of fused-ring (bicyclic) bond motifs is 1. The fourth-order valence-corrected chi connectivity index (χ4v) is 2.67. The Kier molecular flexibility index (Phi) is 2.56. The van der Waals surface area contributed by atoms with Crippen molar-refractivity contribution in [3.63, 3.8) is 0 Å². The van der Waals surface area contributed by atoms with Gasteiger partial charge in [0.25, 0.3) is 0 Å². The van der Waals surface area contributed by atoms with Gasteiger partial charge in [-0.2, -0.15) is 0 Å². The van der Waals surface area contributed by atoms with E-state index in [0.717, 1.165) is 12.0 Å². The Morgan fingerprint density at radius 1 is 1.39 bits per heavy atom. The number of hydrogen-bond acceptors (Lipinski definition) is 4. The molecule has 18 heavy (non-hydrogen) atoms. The van der Waals surface area contributed by atoms with Crippen molar-refractivity contribution < 1.29 is 8.81 Å². The van der Waals surface area contributed by atoms with Crippen LogP contribution in [0.5, 0.6) is 0 Å². The van der Waals surface area contributed by atoms with Gasteiger partial charge in [-0.1, -0.05) is 6.92 Å². The number of nitrogen functional groups attached to an aromatic ring is 1. The first-order valence-corrected chi connectivity index (χ1v) is 6.43. The van der Waals surface area contributed by atoms with Gasteiger partial charge >= 0.3 is 0 Å². The zero-order chi connectivity index (χ0) is 12.7. The maximum absolute atomic E-state index is 13.1.